The van der Waals surface area contributed by atoms with Crippen LogP contribution in [-0.4, -0.2) is 42.6 Å². The van der Waals surface area contributed by atoms with Crippen LogP contribution in [0.25, 0.3) is 0 Å². The lowest BCUT2D eigenvalue weighted by Gasteiger charge is -2.37. The van der Waals surface area contributed by atoms with Crippen LogP contribution in [0.4, 0.5) is 23.2 Å². The topological polar surface area (TPSA) is 94.9 Å². The summed E-state index contributed by atoms with van der Waals surface area (Å²) in [6, 6.07) is 5.95. The number of rotatable bonds is 5. The molecule has 30 heavy (non-hydrogen) atoms. The number of carbonyl (C=O) groups is 1. The van der Waals surface area contributed by atoms with Gasteiger partial charge >= 0.3 is 12.1 Å². The number of halogens is 4. The molecule has 2 aromatic rings. The fourth-order valence-electron chi connectivity index (χ4n) is 3.03. The molecule has 3 rings (SSSR count). The highest BCUT2D eigenvalue weighted by molar-refractivity contribution is 8.00. The molecule has 0 amide bonds. The summed E-state index contributed by atoms with van der Waals surface area (Å²) in [6.45, 7) is 0. The molecule has 1 aliphatic heterocycles. The number of hydrogen-bond donors (Lipinski definition) is 2. The van der Waals surface area contributed by atoms with E-state index in [4.69, 9.17) is 0 Å². The van der Waals surface area contributed by atoms with Crippen LogP contribution in [0.15, 0.2) is 52.3 Å². The Bertz CT molecular complexity index is 1060. The molecule has 1 aliphatic rings. The van der Waals surface area contributed by atoms with Crippen LogP contribution < -0.4 is 4.31 Å². The van der Waals surface area contributed by atoms with Crippen molar-refractivity contribution >= 4 is 33.4 Å². The second-order valence-electron chi connectivity index (χ2n) is 6.49. The van der Waals surface area contributed by atoms with E-state index in [1.165, 1.54) is 0 Å². The number of fused-ring (bicyclic) bond motifs is 1. The van der Waals surface area contributed by atoms with Crippen LogP contribution in [0.3, 0.4) is 0 Å². The van der Waals surface area contributed by atoms with Gasteiger partial charge in [0.25, 0.3) is 10.0 Å². The van der Waals surface area contributed by atoms with Gasteiger partial charge in [-0.1, -0.05) is 6.07 Å². The second kappa shape index (κ2) is 8.08. The van der Waals surface area contributed by atoms with E-state index >= 15 is 0 Å². The average Bonchev–Trinajstić information content (AvgIpc) is 2.65. The maximum atomic E-state index is 13.2. The summed E-state index contributed by atoms with van der Waals surface area (Å²) in [6.07, 6.45) is -8.19. The van der Waals surface area contributed by atoms with Crippen molar-refractivity contribution in [2.45, 2.75) is 34.5 Å². The molecule has 2 aromatic carbocycles. The summed E-state index contributed by atoms with van der Waals surface area (Å²) in [5.41, 5.74) is -0.482. The number of benzene rings is 2. The average molecular weight is 465 g/mol. The van der Waals surface area contributed by atoms with Gasteiger partial charge in [0.1, 0.15) is 5.82 Å². The second-order valence-corrected chi connectivity index (χ2v) is 9.37. The van der Waals surface area contributed by atoms with Gasteiger partial charge in [0.05, 0.1) is 23.0 Å². The summed E-state index contributed by atoms with van der Waals surface area (Å²) in [5, 5.41) is 18.7. The first-order valence-electron chi connectivity index (χ1n) is 8.44. The largest absolute Gasteiger partial charge is 0.481 e. The number of alkyl halides is 3. The van der Waals surface area contributed by atoms with Crippen LogP contribution >= 0.6 is 11.8 Å². The van der Waals surface area contributed by atoms with E-state index in [0.29, 0.717) is 0 Å². The van der Waals surface area contributed by atoms with Crippen molar-refractivity contribution in [1.29, 1.82) is 0 Å². The molecule has 0 aliphatic carbocycles. The van der Waals surface area contributed by atoms with Gasteiger partial charge in [-0.2, -0.15) is 13.2 Å². The van der Waals surface area contributed by atoms with Gasteiger partial charge in [0.15, 0.2) is 6.10 Å². The first-order chi connectivity index (χ1) is 13.9. The van der Waals surface area contributed by atoms with Gasteiger partial charge in [0.2, 0.25) is 0 Å². The minimum absolute atomic E-state index is 0.0139. The van der Waals surface area contributed by atoms with E-state index in [1.54, 1.807) is 0 Å². The maximum absolute atomic E-state index is 13.2. The first-order valence-corrected chi connectivity index (χ1v) is 10.9. The summed E-state index contributed by atoms with van der Waals surface area (Å²) < 4.78 is 79.0. The zero-order chi connectivity index (χ0) is 22.3. The van der Waals surface area contributed by atoms with Crippen molar-refractivity contribution in [2.75, 3.05) is 10.1 Å². The number of aliphatic hydroxyl groups excluding tert-OH is 1. The van der Waals surface area contributed by atoms with E-state index < -0.39 is 52.1 Å². The number of carboxylic acid groups (broad SMARTS) is 1. The van der Waals surface area contributed by atoms with Crippen molar-refractivity contribution in [1.82, 2.24) is 0 Å². The molecule has 0 radical (unpaired) electrons. The lowest BCUT2D eigenvalue weighted by Crippen LogP contribution is -2.45. The van der Waals surface area contributed by atoms with Gasteiger partial charge < -0.3 is 10.2 Å². The van der Waals surface area contributed by atoms with Crippen molar-refractivity contribution in [2.24, 2.45) is 0 Å². The van der Waals surface area contributed by atoms with E-state index in [0.717, 1.165) is 58.5 Å². The predicted octanol–water partition coefficient (Wildman–Crippen LogP) is 3.57. The number of nitrogens with zero attached hydrogens (tertiary/aromatic N) is 1. The van der Waals surface area contributed by atoms with Crippen LogP contribution in [0.5, 0.6) is 0 Å². The molecule has 0 saturated heterocycles. The summed E-state index contributed by atoms with van der Waals surface area (Å²) >= 11 is 0.991. The molecule has 12 heteroatoms. The van der Waals surface area contributed by atoms with Crippen molar-refractivity contribution < 1.29 is 41.0 Å². The Labute approximate surface area is 173 Å². The van der Waals surface area contributed by atoms with E-state index in [-0.39, 0.29) is 21.2 Å². The third-order valence-corrected chi connectivity index (χ3v) is 7.46. The minimum atomic E-state index is -4.90. The molecule has 162 valence electrons. The summed E-state index contributed by atoms with van der Waals surface area (Å²) in [5.74, 6) is -1.96. The fraction of sp³-hybridized carbons (Fsp3) is 0.278. The normalized spacial score (nSPS) is 18.0. The Balaban J connectivity index is 2.11. The Morgan fingerprint density at radius 1 is 1.20 bits per heavy atom. The molecule has 0 spiro atoms. The summed E-state index contributed by atoms with van der Waals surface area (Å²) in [7, 11) is -4.34. The Morgan fingerprint density at radius 2 is 1.83 bits per heavy atom. The lowest BCUT2D eigenvalue weighted by molar-refractivity contribution is -0.206. The number of anilines is 1. The highest BCUT2D eigenvalue weighted by atomic mass is 32.2. The van der Waals surface area contributed by atoms with E-state index in [9.17, 15) is 41.0 Å². The number of thioether (sulfide) groups is 1. The minimum Gasteiger partial charge on any atom is -0.481 e. The van der Waals surface area contributed by atoms with Crippen LogP contribution in [-0.2, 0) is 14.8 Å². The van der Waals surface area contributed by atoms with Crippen LogP contribution in [0, 0.1) is 5.82 Å². The predicted molar refractivity (Wildman–Crippen MR) is 100 cm³/mol. The monoisotopic (exact) mass is 465 g/mol. The maximum Gasteiger partial charge on any atom is 0.418 e. The Morgan fingerprint density at radius 3 is 2.40 bits per heavy atom. The highest BCUT2D eigenvalue weighted by Gasteiger charge is 2.41. The van der Waals surface area contributed by atoms with Gasteiger partial charge in [-0.3, -0.25) is 9.10 Å². The molecule has 1 heterocycles. The van der Waals surface area contributed by atoms with Gasteiger partial charge in [0, 0.05) is 10.6 Å². The van der Waals surface area contributed by atoms with Gasteiger partial charge in [-0.15, -0.1) is 11.8 Å². The van der Waals surface area contributed by atoms with Crippen LogP contribution in [0.1, 0.15) is 18.1 Å². The quantitative estimate of drug-likeness (QED) is 0.656. The van der Waals surface area contributed by atoms with Crippen LogP contribution in [0.2, 0.25) is 0 Å². The molecule has 0 aromatic heterocycles. The van der Waals surface area contributed by atoms with E-state index in [1.807, 2.05) is 0 Å². The number of hydrogen-bond acceptors (Lipinski definition) is 5. The van der Waals surface area contributed by atoms with Gasteiger partial charge in [-0.25, -0.2) is 12.8 Å². The number of sulfonamides is 1. The number of aliphatic carboxylic acids is 1. The number of carboxylic acids is 1. The third kappa shape index (κ3) is 4.40. The molecule has 2 atom stereocenters. The molecule has 0 bridgehead atoms. The third-order valence-electron chi connectivity index (χ3n) is 4.39. The van der Waals surface area contributed by atoms with Crippen molar-refractivity contribution in [3.8, 4) is 0 Å². The number of aliphatic hydroxyl groups is 1. The van der Waals surface area contributed by atoms with E-state index in [2.05, 4.69) is 0 Å². The molecule has 2 N–H and O–H groups in total. The SMILES string of the molecule is O=C(O)CC1CSc2cc(C(O)C(F)(F)F)ccc2N1S(=O)(=O)c1ccc(F)cc1. The Hall–Kier alpha value is -2.31. The van der Waals surface area contributed by atoms with Crippen molar-refractivity contribution in [3.05, 3.63) is 53.8 Å². The summed E-state index contributed by atoms with van der Waals surface area (Å²) in [4.78, 5) is 11.1. The fourth-order valence-corrected chi connectivity index (χ4v) is 6.02. The molecule has 0 saturated carbocycles. The zero-order valence-corrected chi connectivity index (χ0v) is 16.6. The first kappa shape index (κ1) is 22.4. The van der Waals surface area contributed by atoms with Crippen molar-refractivity contribution in [3.63, 3.8) is 0 Å². The molecular formula is C18H15F4NO5S2. The lowest BCUT2D eigenvalue weighted by atomic mass is 10.1. The van der Waals surface area contributed by atoms with Gasteiger partial charge in [-0.05, 0) is 42.0 Å². The molecule has 0 fully saturated rings. The molecule has 6 nitrogen and oxygen atoms in total. The standard InChI is InChI=1S/C18H15F4NO5S2/c19-11-2-4-13(5-3-11)30(27,28)23-12(8-16(24)25)9-29-15-7-10(1-6-14(15)23)17(26)18(20,21)22/h1-7,12,17,26H,8-9H2,(H,24,25). The smallest absolute Gasteiger partial charge is 0.418 e. The molecular weight excluding hydrogens is 450 g/mol. The highest BCUT2D eigenvalue weighted by Crippen LogP contribution is 2.44. The zero-order valence-electron chi connectivity index (χ0n) is 15.0. The Kier molecular flexibility index (Phi) is 6.03. The molecule has 2 unspecified atom stereocenters.